The molecule has 0 amide bonds. The lowest BCUT2D eigenvalue weighted by Crippen LogP contribution is -2.54. The molecule has 1 aliphatic heterocycles. The molecule has 1 aromatic rings. The van der Waals surface area contributed by atoms with Crippen molar-refractivity contribution < 1.29 is 5.21 Å². The van der Waals surface area contributed by atoms with Crippen LogP contribution in [0.3, 0.4) is 0 Å². The van der Waals surface area contributed by atoms with Crippen molar-refractivity contribution in [2.24, 2.45) is 10.9 Å². The van der Waals surface area contributed by atoms with Gasteiger partial charge in [-0.25, -0.2) is 0 Å². The number of hydrogen-bond acceptors (Lipinski definition) is 6. The van der Waals surface area contributed by atoms with E-state index in [1.807, 2.05) is 0 Å². The summed E-state index contributed by atoms with van der Waals surface area (Å²) in [4.78, 5) is 4.56. The van der Waals surface area contributed by atoms with Crippen LogP contribution in [-0.2, 0) is 0 Å². The second-order valence-corrected chi connectivity index (χ2v) is 5.90. The highest BCUT2D eigenvalue weighted by atomic mass is 16.4. The van der Waals surface area contributed by atoms with E-state index < -0.39 is 0 Å². The van der Waals surface area contributed by atoms with Gasteiger partial charge in [-0.3, -0.25) is 4.90 Å². The molecule has 0 unspecified atom stereocenters. The van der Waals surface area contributed by atoms with Gasteiger partial charge in [0.1, 0.15) is 0 Å². The molecule has 1 fully saturated rings. The zero-order valence-corrected chi connectivity index (χ0v) is 12.2. The first kappa shape index (κ1) is 14.5. The van der Waals surface area contributed by atoms with E-state index in [2.05, 4.69) is 45.9 Å². The number of piperazine rings is 1. The topological polar surface area (TPSA) is 90.9 Å². The Labute approximate surface area is 119 Å². The minimum absolute atomic E-state index is 0.0631. The van der Waals surface area contributed by atoms with Crippen LogP contribution in [0, 0.1) is 0 Å². The zero-order valence-electron chi connectivity index (χ0n) is 12.2. The van der Waals surface area contributed by atoms with Crippen LogP contribution in [0.4, 0.5) is 5.82 Å². The van der Waals surface area contributed by atoms with E-state index in [1.54, 1.807) is 12.3 Å². The highest BCUT2D eigenvalue weighted by Gasteiger charge is 2.27. The highest BCUT2D eigenvalue weighted by Crippen LogP contribution is 2.21. The number of rotatable bonds is 2. The average molecular weight is 278 g/mol. The van der Waals surface area contributed by atoms with Crippen molar-refractivity contribution in [2.45, 2.75) is 26.3 Å². The minimum Gasteiger partial charge on any atom is -0.409 e. The molecule has 20 heavy (non-hydrogen) atoms. The molecule has 0 aliphatic carbocycles. The van der Waals surface area contributed by atoms with Gasteiger partial charge in [-0.15, -0.1) is 5.10 Å². The first-order chi connectivity index (χ1) is 9.43. The predicted molar refractivity (Wildman–Crippen MR) is 78.1 cm³/mol. The number of oxime groups is 1. The van der Waals surface area contributed by atoms with Gasteiger partial charge in [0.05, 0.1) is 11.8 Å². The van der Waals surface area contributed by atoms with E-state index >= 15 is 0 Å². The maximum absolute atomic E-state index is 8.85. The average Bonchev–Trinajstić information content (AvgIpc) is 2.45. The van der Waals surface area contributed by atoms with Gasteiger partial charge in [0.25, 0.3) is 0 Å². The van der Waals surface area contributed by atoms with Crippen LogP contribution in [0.5, 0.6) is 0 Å². The Morgan fingerprint density at radius 3 is 2.50 bits per heavy atom. The molecular weight excluding hydrogens is 256 g/mol. The van der Waals surface area contributed by atoms with Crippen molar-refractivity contribution >= 4 is 11.7 Å². The lowest BCUT2D eigenvalue weighted by atomic mass is 10.0. The highest BCUT2D eigenvalue weighted by molar-refractivity contribution is 6.01. The maximum atomic E-state index is 8.85. The van der Waals surface area contributed by atoms with E-state index in [-0.39, 0.29) is 11.4 Å². The molecule has 7 heteroatoms. The number of nitrogens with zero attached hydrogens (tertiary/aromatic N) is 5. The van der Waals surface area contributed by atoms with E-state index in [0.717, 1.165) is 26.2 Å². The fourth-order valence-corrected chi connectivity index (χ4v) is 2.40. The monoisotopic (exact) mass is 278 g/mol. The molecule has 2 heterocycles. The summed E-state index contributed by atoms with van der Waals surface area (Å²) in [5, 5.41) is 20.0. The first-order valence-corrected chi connectivity index (χ1v) is 6.73. The fraction of sp³-hybridized carbons (Fsp3) is 0.615. The van der Waals surface area contributed by atoms with Gasteiger partial charge in [0.2, 0.25) is 0 Å². The van der Waals surface area contributed by atoms with Crippen molar-refractivity contribution in [1.29, 1.82) is 0 Å². The first-order valence-electron chi connectivity index (χ1n) is 6.73. The van der Waals surface area contributed by atoms with Crippen molar-refractivity contribution in [1.82, 2.24) is 15.1 Å². The van der Waals surface area contributed by atoms with E-state index in [1.165, 1.54) is 0 Å². The number of nitrogens with two attached hydrogens (primary N) is 1. The Hall–Kier alpha value is -1.89. The number of anilines is 1. The van der Waals surface area contributed by atoms with Crippen LogP contribution in [0.1, 0.15) is 26.3 Å². The summed E-state index contributed by atoms with van der Waals surface area (Å²) in [7, 11) is 0. The Balaban J connectivity index is 2.15. The molecule has 1 aromatic heterocycles. The smallest absolute Gasteiger partial charge is 0.173 e. The predicted octanol–water partition coefficient (Wildman–Crippen LogP) is 0.492. The number of aromatic nitrogens is 2. The molecular formula is C13H22N6O. The molecule has 1 aliphatic rings. The molecule has 0 saturated carbocycles. The second kappa shape index (κ2) is 5.62. The minimum atomic E-state index is 0.0631. The van der Waals surface area contributed by atoms with Crippen molar-refractivity contribution in [2.75, 3.05) is 31.1 Å². The Kier molecular flexibility index (Phi) is 4.08. The standard InChI is InChI=1S/C13H22N6O/c1-13(2,3)19-8-6-18(7-9-19)12-10(11(14)17-20)4-5-15-16-12/h4-5,20H,6-9H2,1-3H3,(H2,14,17). The third-order valence-corrected chi connectivity index (χ3v) is 3.61. The molecule has 3 N–H and O–H groups in total. The summed E-state index contributed by atoms with van der Waals surface area (Å²) >= 11 is 0. The van der Waals surface area contributed by atoms with Crippen LogP contribution < -0.4 is 10.6 Å². The fourth-order valence-electron chi connectivity index (χ4n) is 2.40. The number of amidine groups is 1. The van der Waals surface area contributed by atoms with E-state index in [0.29, 0.717) is 11.4 Å². The normalized spacial score (nSPS) is 18.4. The summed E-state index contributed by atoms with van der Waals surface area (Å²) < 4.78 is 0. The lowest BCUT2D eigenvalue weighted by Gasteiger charge is -2.42. The molecule has 7 nitrogen and oxygen atoms in total. The second-order valence-electron chi connectivity index (χ2n) is 5.90. The Morgan fingerprint density at radius 2 is 1.95 bits per heavy atom. The molecule has 0 spiro atoms. The summed E-state index contributed by atoms with van der Waals surface area (Å²) in [6.07, 6.45) is 1.54. The summed E-state index contributed by atoms with van der Waals surface area (Å²) in [6.45, 7) is 10.3. The SMILES string of the molecule is CC(C)(C)N1CCN(c2nnccc2/C(N)=N/O)CC1. The van der Waals surface area contributed by atoms with Gasteiger partial charge >= 0.3 is 0 Å². The van der Waals surface area contributed by atoms with Crippen LogP contribution in [0.2, 0.25) is 0 Å². The van der Waals surface area contributed by atoms with Crippen molar-refractivity contribution in [3.05, 3.63) is 17.8 Å². The summed E-state index contributed by atoms with van der Waals surface area (Å²) in [5.41, 5.74) is 6.48. The van der Waals surface area contributed by atoms with Crippen LogP contribution in [0.25, 0.3) is 0 Å². The van der Waals surface area contributed by atoms with Crippen LogP contribution in [0.15, 0.2) is 17.4 Å². The molecule has 1 saturated heterocycles. The van der Waals surface area contributed by atoms with Gasteiger partial charge in [0.15, 0.2) is 11.7 Å². The van der Waals surface area contributed by atoms with Gasteiger partial charge in [-0.2, -0.15) is 5.10 Å². The third-order valence-electron chi connectivity index (χ3n) is 3.61. The van der Waals surface area contributed by atoms with Gasteiger partial charge in [-0.1, -0.05) is 5.16 Å². The van der Waals surface area contributed by atoms with Gasteiger partial charge in [-0.05, 0) is 26.8 Å². The number of hydrogen-bond donors (Lipinski definition) is 2. The molecule has 110 valence electrons. The van der Waals surface area contributed by atoms with Gasteiger partial charge in [0, 0.05) is 31.7 Å². The van der Waals surface area contributed by atoms with Crippen LogP contribution in [-0.4, -0.2) is 57.9 Å². The van der Waals surface area contributed by atoms with Crippen molar-refractivity contribution in [3.8, 4) is 0 Å². The Morgan fingerprint density at radius 1 is 1.30 bits per heavy atom. The Bertz CT molecular complexity index is 488. The van der Waals surface area contributed by atoms with Crippen molar-refractivity contribution in [3.63, 3.8) is 0 Å². The lowest BCUT2D eigenvalue weighted by molar-refractivity contribution is 0.128. The largest absolute Gasteiger partial charge is 0.409 e. The molecule has 2 rings (SSSR count). The summed E-state index contributed by atoms with van der Waals surface area (Å²) in [6, 6.07) is 1.72. The zero-order chi connectivity index (χ0) is 14.8. The van der Waals surface area contributed by atoms with Gasteiger partial charge < -0.3 is 15.8 Å². The third kappa shape index (κ3) is 2.98. The van der Waals surface area contributed by atoms with E-state index in [9.17, 15) is 0 Å². The summed E-state index contributed by atoms with van der Waals surface area (Å²) in [5.74, 6) is 0.740. The van der Waals surface area contributed by atoms with Crippen LogP contribution >= 0.6 is 0 Å². The molecule has 0 bridgehead atoms. The molecule has 0 radical (unpaired) electrons. The quantitative estimate of drug-likeness (QED) is 0.354. The maximum Gasteiger partial charge on any atom is 0.173 e. The molecule has 0 atom stereocenters. The van der Waals surface area contributed by atoms with E-state index in [4.69, 9.17) is 10.9 Å². The molecule has 0 aromatic carbocycles.